The second-order valence-corrected chi connectivity index (χ2v) is 17.6. The Labute approximate surface area is 357 Å². The van der Waals surface area contributed by atoms with Crippen molar-refractivity contribution < 1.29 is 15.0 Å². The van der Waals surface area contributed by atoms with Crippen molar-refractivity contribution in [3.05, 3.63) is 36.5 Å². The van der Waals surface area contributed by atoms with Crippen molar-refractivity contribution in [2.75, 3.05) is 6.61 Å². The zero-order valence-corrected chi connectivity index (χ0v) is 38.6. The van der Waals surface area contributed by atoms with E-state index < -0.39 is 12.1 Å². The van der Waals surface area contributed by atoms with Gasteiger partial charge in [-0.2, -0.15) is 0 Å². The summed E-state index contributed by atoms with van der Waals surface area (Å²) in [5.41, 5.74) is 0. The van der Waals surface area contributed by atoms with Crippen molar-refractivity contribution >= 4 is 5.91 Å². The van der Waals surface area contributed by atoms with Crippen LogP contribution in [0.25, 0.3) is 0 Å². The number of unbranched alkanes of at least 4 members (excludes halogenated alkanes) is 36. The highest BCUT2D eigenvalue weighted by Crippen LogP contribution is 2.16. The molecular weight excluding hydrogens is 699 g/mol. The molecule has 4 nitrogen and oxygen atoms in total. The van der Waals surface area contributed by atoms with E-state index in [-0.39, 0.29) is 12.5 Å². The number of hydrogen-bond acceptors (Lipinski definition) is 3. The monoisotopic (exact) mass is 800 g/mol. The molecule has 0 rings (SSSR count). The van der Waals surface area contributed by atoms with Crippen LogP contribution in [0.1, 0.15) is 277 Å². The first-order valence-electron chi connectivity index (χ1n) is 25.7. The third-order valence-electron chi connectivity index (χ3n) is 11.9. The minimum Gasteiger partial charge on any atom is -0.394 e. The third-order valence-corrected chi connectivity index (χ3v) is 11.9. The van der Waals surface area contributed by atoms with E-state index in [0.29, 0.717) is 6.42 Å². The van der Waals surface area contributed by atoms with Gasteiger partial charge in [0.05, 0.1) is 18.8 Å². The van der Waals surface area contributed by atoms with Gasteiger partial charge in [-0.15, -0.1) is 0 Å². The zero-order chi connectivity index (χ0) is 41.4. The van der Waals surface area contributed by atoms with Gasteiger partial charge in [0.2, 0.25) is 5.91 Å². The Kier molecular flexibility index (Phi) is 47.8. The molecule has 0 radical (unpaired) electrons. The first-order chi connectivity index (χ1) is 28.2. The molecular formula is C53H101NO3. The maximum Gasteiger partial charge on any atom is 0.220 e. The highest BCUT2D eigenvalue weighted by atomic mass is 16.3. The molecule has 2 atom stereocenters. The fourth-order valence-electron chi connectivity index (χ4n) is 7.92. The van der Waals surface area contributed by atoms with E-state index in [4.69, 9.17) is 0 Å². The highest BCUT2D eigenvalue weighted by molar-refractivity contribution is 5.76. The van der Waals surface area contributed by atoms with Crippen molar-refractivity contribution in [3.63, 3.8) is 0 Å². The van der Waals surface area contributed by atoms with Gasteiger partial charge in [-0.3, -0.25) is 4.79 Å². The van der Waals surface area contributed by atoms with Crippen LogP contribution in [0, 0.1) is 0 Å². The molecule has 0 saturated heterocycles. The lowest BCUT2D eigenvalue weighted by molar-refractivity contribution is -0.123. The van der Waals surface area contributed by atoms with Crippen LogP contribution in [0.2, 0.25) is 0 Å². The van der Waals surface area contributed by atoms with Crippen LogP contribution in [0.5, 0.6) is 0 Å². The second kappa shape index (κ2) is 49.0. The van der Waals surface area contributed by atoms with Gasteiger partial charge in [-0.25, -0.2) is 0 Å². The van der Waals surface area contributed by atoms with E-state index in [1.165, 1.54) is 218 Å². The average molecular weight is 800 g/mol. The Balaban J connectivity index is 3.57. The lowest BCUT2D eigenvalue weighted by atomic mass is 10.0. The van der Waals surface area contributed by atoms with Crippen LogP contribution in [0.3, 0.4) is 0 Å². The molecule has 57 heavy (non-hydrogen) atoms. The molecule has 0 bridgehead atoms. The molecule has 2 unspecified atom stereocenters. The van der Waals surface area contributed by atoms with Crippen LogP contribution in [0.15, 0.2) is 36.5 Å². The molecule has 0 aromatic carbocycles. The molecule has 1 amide bonds. The lowest BCUT2D eigenvalue weighted by Crippen LogP contribution is -2.45. The molecule has 0 saturated carbocycles. The van der Waals surface area contributed by atoms with Crippen LogP contribution < -0.4 is 5.32 Å². The van der Waals surface area contributed by atoms with Crippen LogP contribution in [-0.4, -0.2) is 34.9 Å². The Hall–Kier alpha value is -1.39. The van der Waals surface area contributed by atoms with Crippen molar-refractivity contribution in [2.45, 2.75) is 289 Å². The minimum absolute atomic E-state index is 0.0733. The lowest BCUT2D eigenvalue weighted by Gasteiger charge is -2.19. The fraction of sp³-hybridized carbons (Fsp3) is 0.868. The summed E-state index contributed by atoms with van der Waals surface area (Å²) in [6, 6.07) is -0.643. The van der Waals surface area contributed by atoms with Gasteiger partial charge in [0.1, 0.15) is 0 Å². The zero-order valence-electron chi connectivity index (χ0n) is 38.6. The molecule has 4 heteroatoms. The standard InChI is InChI=1S/C53H101NO3/c1-3-5-7-9-11-13-15-17-19-21-23-25-26-27-29-30-32-34-36-38-40-42-44-46-48-52(56)51(50-55)54-53(57)49-47-45-43-41-39-37-35-33-31-28-24-22-20-18-16-14-12-10-8-6-4-2/h30,32,38,40,46,48,51-52,55-56H,3-29,31,33-37,39,41-45,47,49-50H2,1-2H3,(H,54,57)/b32-30+,40-38+,48-46+. The number of carbonyl (C=O) groups is 1. The molecule has 0 spiro atoms. The molecule has 0 aliphatic rings. The number of aliphatic hydroxyl groups excluding tert-OH is 2. The van der Waals surface area contributed by atoms with Gasteiger partial charge in [0.25, 0.3) is 0 Å². The Bertz CT molecular complexity index is 866. The van der Waals surface area contributed by atoms with Crippen molar-refractivity contribution in [3.8, 4) is 0 Å². The summed E-state index contributed by atoms with van der Waals surface area (Å²) in [4.78, 5) is 12.4. The summed E-state index contributed by atoms with van der Waals surface area (Å²) < 4.78 is 0. The van der Waals surface area contributed by atoms with E-state index in [0.717, 1.165) is 38.5 Å². The smallest absolute Gasteiger partial charge is 0.220 e. The molecule has 0 aliphatic carbocycles. The largest absolute Gasteiger partial charge is 0.394 e. The molecule has 336 valence electrons. The number of aliphatic hydroxyl groups is 2. The Morgan fingerprint density at radius 1 is 0.404 bits per heavy atom. The van der Waals surface area contributed by atoms with Crippen LogP contribution >= 0.6 is 0 Å². The van der Waals surface area contributed by atoms with Gasteiger partial charge in [0.15, 0.2) is 0 Å². The summed E-state index contributed by atoms with van der Waals surface area (Å²) in [7, 11) is 0. The summed E-state index contributed by atoms with van der Waals surface area (Å²) in [6.45, 7) is 4.32. The number of hydrogen-bond donors (Lipinski definition) is 3. The van der Waals surface area contributed by atoms with E-state index in [1.807, 2.05) is 6.08 Å². The summed E-state index contributed by atoms with van der Waals surface area (Å²) in [5, 5.41) is 23.1. The summed E-state index contributed by atoms with van der Waals surface area (Å²) in [5.74, 6) is -0.0733. The quantitative estimate of drug-likeness (QED) is 0.0424. The first-order valence-corrected chi connectivity index (χ1v) is 25.7. The van der Waals surface area contributed by atoms with Crippen molar-refractivity contribution in [2.24, 2.45) is 0 Å². The number of rotatable bonds is 47. The predicted octanol–water partition coefficient (Wildman–Crippen LogP) is 16.5. The minimum atomic E-state index is -0.868. The number of amides is 1. The SMILES string of the molecule is CCCCCCCCCCCCCCCC/C=C/CC/C=C/CC/C=C/C(O)C(CO)NC(=O)CCCCCCCCCCCCCCCCCCCCCCC. The van der Waals surface area contributed by atoms with Crippen LogP contribution in [0.4, 0.5) is 0 Å². The normalized spacial score (nSPS) is 13.1. The number of allylic oxidation sites excluding steroid dienone is 5. The van der Waals surface area contributed by atoms with Gasteiger partial charge in [0, 0.05) is 6.42 Å². The summed E-state index contributed by atoms with van der Waals surface area (Å²) >= 11 is 0. The molecule has 0 heterocycles. The molecule has 3 N–H and O–H groups in total. The van der Waals surface area contributed by atoms with E-state index in [1.54, 1.807) is 6.08 Å². The second-order valence-electron chi connectivity index (χ2n) is 17.6. The van der Waals surface area contributed by atoms with E-state index >= 15 is 0 Å². The third kappa shape index (κ3) is 45.5. The summed E-state index contributed by atoms with van der Waals surface area (Å²) in [6.07, 6.45) is 65.7. The van der Waals surface area contributed by atoms with E-state index in [2.05, 4.69) is 43.5 Å². The van der Waals surface area contributed by atoms with E-state index in [9.17, 15) is 15.0 Å². The van der Waals surface area contributed by atoms with Crippen molar-refractivity contribution in [1.29, 1.82) is 0 Å². The Morgan fingerprint density at radius 2 is 0.684 bits per heavy atom. The van der Waals surface area contributed by atoms with Crippen molar-refractivity contribution in [1.82, 2.24) is 5.32 Å². The average Bonchev–Trinajstić information content (AvgIpc) is 3.22. The van der Waals surface area contributed by atoms with Crippen LogP contribution in [-0.2, 0) is 4.79 Å². The number of nitrogens with one attached hydrogen (secondary N) is 1. The fourth-order valence-corrected chi connectivity index (χ4v) is 7.92. The Morgan fingerprint density at radius 3 is 1.02 bits per heavy atom. The molecule has 0 aliphatic heterocycles. The van der Waals surface area contributed by atoms with Gasteiger partial charge in [-0.05, 0) is 44.9 Å². The maximum absolute atomic E-state index is 12.4. The molecule has 0 aromatic rings. The van der Waals surface area contributed by atoms with Gasteiger partial charge in [-0.1, -0.05) is 262 Å². The number of carbonyl (C=O) groups excluding carboxylic acids is 1. The molecule has 0 aromatic heterocycles. The predicted molar refractivity (Wildman–Crippen MR) is 253 cm³/mol. The molecule has 0 fully saturated rings. The first kappa shape index (κ1) is 55.6. The van der Waals surface area contributed by atoms with Gasteiger partial charge >= 0.3 is 0 Å². The topological polar surface area (TPSA) is 69.6 Å². The maximum atomic E-state index is 12.4. The van der Waals surface area contributed by atoms with Gasteiger partial charge < -0.3 is 15.5 Å². The highest BCUT2D eigenvalue weighted by Gasteiger charge is 2.17.